The predicted octanol–water partition coefficient (Wildman–Crippen LogP) is 2.21. The number of fused-ring (bicyclic) bond motifs is 1. The average molecular weight is 400 g/mol. The summed E-state index contributed by atoms with van der Waals surface area (Å²) in [6.45, 7) is 7.71. The van der Waals surface area contributed by atoms with Crippen LogP contribution in [0, 0.1) is 0 Å². The van der Waals surface area contributed by atoms with E-state index in [1.165, 1.54) is 12.0 Å². The highest BCUT2D eigenvalue weighted by Gasteiger charge is 2.22. The van der Waals surface area contributed by atoms with Crippen LogP contribution >= 0.6 is 11.3 Å². The summed E-state index contributed by atoms with van der Waals surface area (Å²) in [5.41, 5.74) is 2.42. The van der Waals surface area contributed by atoms with Crippen molar-refractivity contribution in [2.24, 2.45) is 4.99 Å². The van der Waals surface area contributed by atoms with Crippen molar-refractivity contribution in [3.63, 3.8) is 0 Å². The van der Waals surface area contributed by atoms with E-state index in [0.717, 1.165) is 64.0 Å². The number of rotatable bonds is 4. The fraction of sp³-hybridized carbons (Fsp3) is 0.476. The number of para-hydroxylation sites is 2. The second kappa shape index (κ2) is 8.84. The average Bonchev–Trinajstić information content (AvgIpc) is 3.20. The molecule has 0 radical (unpaired) electrons. The number of hydrogen-bond acceptors (Lipinski definition) is 5. The number of hydrogen-bond donors (Lipinski definition) is 2. The Hall–Kier alpha value is -2.25. The summed E-state index contributed by atoms with van der Waals surface area (Å²) in [4.78, 5) is 13.1. The Morgan fingerprint density at radius 3 is 2.75 bits per heavy atom. The van der Waals surface area contributed by atoms with E-state index in [9.17, 15) is 5.11 Å². The van der Waals surface area contributed by atoms with Crippen LogP contribution in [0.25, 0.3) is 0 Å². The molecule has 150 valence electrons. The van der Waals surface area contributed by atoms with Crippen molar-refractivity contribution in [3.8, 4) is 5.75 Å². The van der Waals surface area contributed by atoms with Crippen molar-refractivity contribution in [1.29, 1.82) is 0 Å². The summed E-state index contributed by atoms with van der Waals surface area (Å²) in [5, 5.41) is 15.8. The minimum atomic E-state index is 0.355. The molecule has 0 saturated carbocycles. The van der Waals surface area contributed by atoms with Crippen LogP contribution in [-0.2, 0) is 13.0 Å². The Morgan fingerprint density at radius 2 is 1.96 bits per heavy atom. The quantitative estimate of drug-likeness (QED) is 0.610. The number of guanidine groups is 1. The predicted molar refractivity (Wildman–Crippen MR) is 117 cm³/mol. The molecule has 6 nitrogen and oxygen atoms in total. The minimum Gasteiger partial charge on any atom is -0.506 e. The maximum atomic E-state index is 10.1. The summed E-state index contributed by atoms with van der Waals surface area (Å²) in [5.74, 6) is 1.33. The molecule has 0 unspecified atom stereocenters. The van der Waals surface area contributed by atoms with Crippen molar-refractivity contribution in [2.75, 3.05) is 57.8 Å². The van der Waals surface area contributed by atoms with Crippen LogP contribution in [0.4, 0.5) is 5.69 Å². The summed E-state index contributed by atoms with van der Waals surface area (Å²) < 4.78 is 0. The van der Waals surface area contributed by atoms with Gasteiger partial charge in [-0.15, -0.1) is 11.3 Å². The molecule has 2 aliphatic heterocycles. The third-order valence-electron chi connectivity index (χ3n) is 5.61. The topological polar surface area (TPSA) is 54.3 Å². The maximum Gasteiger partial charge on any atom is 0.193 e. The van der Waals surface area contributed by atoms with Gasteiger partial charge >= 0.3 is 0 Å². The molecule has 1 aromatic carbocycles. The molecule has 3 heterocycles. The number of piperazine rings is 1. The van der Waals surface area contributed by atoms with E-state index in [2.05, 4.69) is 36.5 Å². The van der Waals surface area contributed by atoms with Crippen LogP contribution in [0.2, 0.25) is 0 Å². The summed E-state index contributed by atoms with van der Waals surface area (Å²) in [7, 11) is 1.86. The maximum absolute atomic E-state index is 10.1. The summed E-state index contributed by atoms with van der Waals surface area (Å²) in [6.07, 6.45) is 1.18. The zero-order valence-electron chi connectivity index (χ0n) is 16.5. The van der Waals surface area contributed by atoms with Crippen LogP contribution < -0.4 is 10.2 Å². The molecule has 0 bridgehead atoms. The lowest BCUT2D eigenvalue weighted by molar-refractivity contribution is 0.258. The van der Waals surface area contributed by atoms with Crippen LogP contribution in [0.1, 0.15) is 10.4 Å². The van der Waals surface area contributed by atoms with E-state index in [0.29, 0.717) is 5.75 Å². The molecule has 28 heavy (non-hydrogen) atoms. The van der Waals surface area contributed by atoms with Gasteiger partial charge in [-0.25, -0.2) is 0 Å². The number of anilines is 1. The molecule has 2 aliphatic rings. The SMILES string of the molecule is CN=C(NCCN1CCc2sccc2C1)N1CCN(c2ccccc2O)CC1. The Balaban J connectivity index is 1.24. The number of nitrogens with zero attached hydrogens (tertiary/aromatic N) is 4. The van der Waals surface area contributed by atoms with Gasteiger partial charge in [0.25, 0.3) is 0 Å². The highest BCUT2D eigenvalue weighted by atomic mass is 32.1. The molecular formula is C21H29N5OS. The largest absolute Gasteiger partial charge is 0.506 e. The van der Waals surface area contributed by atoms with Crippen LogP contribution in [0.5, 0.6) is 5.75 Å². The number of aromatic hydroxyl groups is 1. The van der Waals surface area contributed by atoms with E-state index in [-0.39, 0.29) is 0 Å². The van der Waals surface area contributed by atoms with Gasteiger partial charge in [0.05, 0.1) is 5.69 Å². The van der Waals surface area contributed by atoms with Gasteiger partial charge in [0.2, 0.25) is 0 Å². The second-order valence-electron chi connectivity index (χ2n) is 7.33. The van der Waals surface area contributed by atoms with E-state index in [1.807, 2.05) is 36.6 Å². The molecule has 4 rings (SSSR count). The monoisotopic (exact) mass is 399 g/mol. The normalized spacial score (nSPS) is 18.2. The molecule has 7 heteroatoms. The number of phenolic OH excluding ortho intramolecular Hbond substituents is 1. The first-order valence-electron chi connectivity index (χ1n) is 10.0. The Labute approximate surface area is 171 Å². The first-order chi connectivity index (χ1) is 13.7. The van der Waals surface area contributed by atoms with Gasteiger partial charge in [-0.1, -0.05) is 12.1 Å². The zero-order chi connectivity index (χ0) is 19.3. The minimum absolute atomic E-state index is 0.355. The van der Waals surface area contributed by atoms with Gasteiger partial charge in [0, 0.05) is 64.3 Å². The van der Waals surface area contributed by atoms with Gasteiger partial charge in [-0.05, 0) is 35.6 Å². The Kier molecular flexibility index (Phi) is 6.02. The smallest absolute Gasteiger partial charge is 0.193 e. The fourth-order valence-corrected chi connectivity index (χ4v) is 4.94. The third kappa shape index (κ3) is 4.25. The van der Waals surface area contributed by atoms with Crippen molar-refractivity contribution in [1.82, 2.24) is 15.1 Å². The number of benzene rings is 1. The van der Waals surface area contributed by atoms with Gasteiger partial charge in [-0.2, -0.15) is 0 Å². The second-order valence-corrected chi connectivity index (χ2v) is 8.33. The molecule has 0 spiro atoms. The molecule has 1 fully saturated rings. The molecule has 1 aromatic heterocycles. The van der Waals surface area contributed by atoms with E-state index >= 15 is 0 Å². The van der Waals surface area contributed by atoms with E-state index in [4.69, 9.17) is 0 Å². The van der Waals surface area contributed by atoms with Crippen LogP contribution in [0.3, 0.4) is 0 Å². The van der Waals surface area contributed by atoms with Crippen molar-refractivity contribution in [3.05, 3.63) is 46.2 Å². The van der Waals surface area contributed by atoms with Crippen molar-refractivity contribution < 1.29 is 5.11 Å². The Morgan fingerprint density at radius 1 is 1.14 bits per heavy atom. The van der Waals surface area contributed by atoms with Gasteiger partial charge in [0.15, 0.2) is 5.96 Å². The van der Waals surface area contributed by atoms with Crippen LogP contribution in [-0.4, -0.2) is 73.7 Å². The van der Waals surface area contributed by atoms with Crippen molar-refractivity contribution in [2.45, 2.75) is 13.0 Å². The fourth-order valence-electron chi connectivity index (χ4n) is 4.05. The number of phenols is 1. The van der Waals surface area contributed by atoms with E-state index < -0.39 is 0 Å². The highest BCUT2D eigenvalue weighted by molar-refractivity contribution is 7.10. The first kappa shape index (κ1) is 19.1. The van der Waals surface area contributed by atoms with Gasteiger partial charge in [-0.3, -0.25) is 9.89 Å². The van der Waals surface area contributed by atoms with Gasteiger partial charge in [0.1, 0.15) is 5.75 Å². The van der Waals surface area contributed by atoms with E-state index in [1.54, 1.807) is 10.9 Å². The molecular weight excluding hydrogens is 370 g/mol. The molecule has 2 N–H and O–H groups in total. The zero-order valence-corrected chi connectivity index (χ0v) is 17.3. The van der Waals surface area contributed by atoms with Gasteiger partial charge < -0.3 is 20.2 Å². The lowest BCUT2D eigenvalue weighted by atomic mass is 10.1. The van der Waals surface area contributed by atoms with Crippen molar-refractivity contribution >= 4 is 23.0 Å². The number of aliphatic imine (C=N–C) groups is 1. The molecule has 1 saturated heterocycles. The number of nitrogens with one attached hydrogen (secondary N) is 1. The first-order valence-corrected chi connectivity index (χ1v) is 10.9. The molecule has 2 aromatic rings. The summed E-state index contributed by atoms with van der Waals surface area (Å²) in [6, 6.07) is 9.84. The molecule has 0 aliphatic carbocycles. The molecule has 0 atom stereocenters. The van der Waals surface area contributed by atoms with Crippen LogP contribution in [0.15, 0.2) is 40.7 Å². The highest BCUT2D eigenvalue weighted by Crippen LogP contribution is 2.27. The standard InChI is InChI=1S/C21H29N5OS/c1-22-21(23-8-10-24-9-6-20-17(16-24)7-15-28-20)26-13-11-25(12-14-26)18-4-2-3-5-19(18)27/h2-5,7,15,27H,6,8-14,16H2,1H3,(H,22,23). The number of thiophene rings is 1. The third-order valence-corrected chi connectivity index (χ3v) is 6.63. The summed E-state index contributed by atoms with van der Waals surface area (Å²) >= 11 is 1.89. The Bertz CT molecular complexity index is 813. The molecule has 0 amide bonds. The lowest BCUT2D eigenvalue weighted by Gasteiger charge is -2.38. The lowest BCUT2D eigenvalue weighted by Crippen LogP contribution is -2.53.